The standard InChI is InChI=1S/C37H27NOSi.C25H20Si.C13H9BrO.CH4/c39-37(28-14-4-1-5-15-28)29-24-26-30(27-25-29)38-33-20-10-12-22-35(33)40(31-16-6-2-7-17-31,32-18-8-3-9-19-32)36-23-13-11-21-34(36)38;1-3-13-22(14-4-1)26(23-15-5-2-6-16-23)24-17-9-7-11-20(24)19-21-12-8-10-18-25(21)26;14-12-8-6-11(7-9-12)13(15)10-4-2-1-3-5-10;/h1-27H;1-18H,19H2;1-9H;1H4. The van der Waals surface area contributed by atoms with Crippen LogP contribution in [-0.4, -0.2) is 27.7 Å². The van der Waals surface area contributed by atoms with Gasteiger partial charge in [-0.2, -0.15) is 0 Å². The van der Waals surface area contributed by atoms with Gasteiger partial charge in [-0.1, -0.05) is 290 Å². The molecule has 0 saturated heterocycles. The molecule has 0 radical (unpaired) electrons. The Hall–Kier alpha value is -9.31. The molecule has 2 aliphatic rings. The Balaban J connectivity index is 0.000000143. The van der Waals surface area contributed by atoms with Gasteiger partial charge in [0.1, 0.15) is 0 Å². The summed E-state index contributed by atoms with van der Waals surface area (Å²) in [5, 5.41) is 11.4. The van der Waals surface area contributed by atoms with Gasteiger partial charge in [-0.15, -0.1) is 0 Å². The predicted octanol–water partition coefficient (Wildman–Crippen LogP) is 13.4. The van der Waals surface area contributed by atoms with E-state index in [0.29, 0.717) is 16.7 Å². The predicted molar refractivity (Wildman–Crippen MR) is 352 cm³/mol. The number of hydrogen-bond acceptors (Lipinski definition) is 3. The summed E-state index contributed by atoms with van der Waals surface area (Å²) in [5.74, 6) is 0.0919. The molecule has 0 spiro atoms. The molecule has 0 fully saturated rings. The van der Waals surface area contributed by atoms with E-state index in [1.807, 2.05) is 97.1 Å². The Labute approximate surface area is 492 Å². The first-order valence-corrected chi connectivity index (χ1v) is 32.2. The highest BCUT2D eigenvalue weighted by atomic mass is 79.9. The number of benzene rings is 12. The van der Waals surface area contributed by atoms with Gasteiger partial charge in [0.05, 0.1) is 0 Å². The van der Waals surface area contributed by atoms with Crippen LogP contribution in [0.5, 0.6) is 0 Å². The summed E-state index contributed by atoms with van der Waals surface area (Å²) in [6, 6.07) is 114. The van der Waals surface area contributed by atoms with Crippen LogP contribution in [-0.2, 0) is 6.42 Å². The van der Waals surface area contributed by atoms with Crippen molar-refractivity contribution in [1.29, 1.82) is 0 Å². The Morgan fingerprint density at radius 1 is 0.293 bits per heavy atom. The third-order valence-electron chi connectivity index (χ3n) is 15.7. The minimum Gasteiger partial charge on any atom is -0.311 e. The van der Waals surface area contributed by atoms with Crippen molar-refractivity contribution in [2.75, 3.05) is 4.90 Å². The minimum atomic E-state index is -2.62. The monoisotopic (exact) mass is 1150 g/mol. The summed E-state index contributed by atoms with van der Waals surface area (Å²) < 4.78 is 0.979. The molecule has 0 saturated carbocycles. The zero-order chi connectivity index (χ0) is 55.0. The number of fused-ring (bicyclic) bond motifs is 4. The molecule has 6 heteroatoms. The van der Waals surface area contributed by atoms with E-state index in [4.69, 9.17) is 0 Å². The Morgan fingerprint density at radius 2 is 0.561 bits per heavy atom. The molecule has 0 unspecified atom stereocenters. The molecule has 2 heterocycles. The van der Waals surface area contributed by atoms with E-state index >= 15 is 0 Å². The maximum atomic E-state index is 13.1. The highest BCUT2D eigenvalue weighted by Gasteiger charge is 2.49. The second kappa shape index (κ2) is 24.6. The van der Waals surface area contributed by atoms with E-state index in [1.165, 1.54) is 64.0 Å². The van der Waals surface area contributed by atoms with E-state index in [0.717, 1.165) is 22.1 Å². The van der Waals surface area contributed by atoms with Gasteiger partial charge < -0.3 is 4.90 Å². The van der Waals surface area contributed by atoms with Gasteiger partial charge in [0.15, 0.2) is 27.7 Å². The SMILES string of the molecule is C.O=C(c1ccccc1)c1ccc(Br)cc1.O=C(c1ccccc1)c1ccc(N2c3ccccc3[Si](c3ccccc3)(c3ccccc3)c3ccccc32)cc1.c1ccc([Si]2(c3ccccc3)c3ccccc3Cc3ccccc32)cc1. The maximum Gasteiger partial charge on any atom is 0.193 e. The number of carbonyl (C=O) groups is 2. The molecule has 0 atom stereocenters. The van der Waals surface area contributed by atoms with Crippen molar-refractivity contribution in [2.45, 2.75) is 13.8 Å². The van der Waals surface area contributed by atoms with Crippen LogP contribution in [0.15, 0.2) is 332 Å². The number of para-hydroxylation sites is 2. The number of hydrogen-bond donors (Lipinski definition) is 0. The molecule has 12 aromatic carbocycles. The summed E-state index contributed by atoms with van der Waals surface area (Å²) >= 11 is 3.34. The zero-order valence-electron chi connectivity index (χ0n) is 44.5. The van der Waals surface area contributed by atoms with Gasteiger partial charge >= 0.3 is 0 Å². The van der Waals surface area contributed by atoms with Crippen molar-refractivity contribution in [1.82, 2.24) is 0 Å². The molecule has 3 nitrogen and oxygen atoms in total. The molecule has 2 aliphatic heterocycles. The van der Waals surface area contributed by atoms with Crippen molar-refractivity contribution >= 4 is 102 Å². The molecule has 0 aliphatic carbocycles. The van der Waals surface area contributed by atoms with E-state index in [9.17, 15) is 9.59 Å². The number of nitrogens with zero attached hydrogens (tertiary/aromatic N) is 1. The van der Waals surface area contributed by atoms with Gasteiger partial charge in [-0.05, 0) is 120 Å². The third-order valence-corrected chi connectivity index (χ3v) is 26.1. The van der Waals surface area contributed by atoms with Gasteiger partial charge in [0.2, 0.25) is 0 Å². The summed E-state index contributed by atoms with van der Waals surface area (Å²) in [5.41, 5.74) is 9.18. The summed E-state index contributed by atoms with van der Waals surface area (Å²) in [6.45, 7) is 0. The second-order valence-corrected chi connectivity index (χ2v) is 28.6. The smallest absolute Gasteiger partial charge is 0.193 e. The molecule has 0 aromatic heterocycles. The molecule has 0 amide bonds. The number of rotatable bonds is 9. The van der Waals surface area contributed by atoms with E-state index in [1.54, 1.807) is 0 Å². The normalized spacial score (nSPS) is 12.8. The van der Waals surface area contributed by atoms with Crippen LogP contribution in [0, 0.1) is 0 Å². The van der Waals surface area contributed by atoms with Crippen molar-refractivity contribution in [2.24, 2.45) is 0 Å². The molecule has 14 rings (SSSR count). The van der Waals surface area contributed by atoms with Crippen LogP contribution in [0.4, 0.5) is 17.1 Å². The molecule has 82 heavy (non-hydrogen) atoms. The molecule has 0 N–H and O–H groups in total. The van der Waals surface area contributed by atoms with Crippen LogP contribution in [0.2, 0.25) is 0 Å². The number of carbonyl (C=O) groups excluding carboxylic acids is 2. The van der Waals surface area contributed by atoms with Crippen molar-refractivity contribution in [3.63, 3.8) is 0 Å². The number of ketones is 2. The first-order valence-electron chi connectivity index (χ1n) is 27.4. The Kier molecular flexibility index (Phi) is 16.4. The van der Waals surface area contributed by atoms with Crippen molar-refractivity contribution in [3.05, 3.63) is 365 Å². The molecular weight excluding hydrogens is 1090 g/mol. The van der Waals surface area contributed by atoms with Crippen molar-refractivity contribution < 1.29 is 9.59 Å². The average molecular weight is 1160 g/mol. The number of halogens is 1. The molecule has 12 aromatic rings. The van der Waals surface area contributed by atoms with Gasteiger partial charge in [0, 0.05) is 43.8 Å². The molecular formula is C76H60BrNO2Si2. The molecule has 0 bridgehead atoms. The summed E-state index contributed by atoms with van der Waals surface area (Å²) in [6.07, 6.45) is 1.03. The van der Waals surface area contributed by atoms with Gasteiger partial charge in [-0.25, -0.2) is 0 Å². The summed E-state index contributed by atoms with van der Waals surface area (Å²) in [4.78, 5) is 27.4. The van der Waals surface area contributed by atoms with Crippen LogP contribution < -0.4 is 46.4 Å². The van der Waals surface area contributed by atoms with Gasteiger partial charge in [0.25, 0.3) is 0 Å². The lowest BCUT2D eigenvalue weighted by atomic mass is 10.0. The van der Waals surface area contributed by atoms with Gasteiger partial charge in [-0.3, -0.25) is 9.59 Å². The van der Waals surface area contributed by atoms with E-state index in [2.05, 4.69) is 251 Å². The third kappa shape index (κ3) is 10.3. The molecule has 396 valence electrons. The highest BCUT2D eigenvalue weighted by Crippen LogP contribution is 2.38. The quantitative estimate of drug-likeness (QED) is 0.107. The van der Waals surface area contributed by atoms with Crippen LogP contribution in [0.3, 0.4) is 0 Å². The lowest BCUT2D eigenvalue weighted by Crippen LogP contribution is -2.77. The Morgan fingerprint density at radius 3 is 0.927 bits per heavy atom. The van der Waals surface area contributed by atoms with Crippen LogP contribution in [0.25, 0.3) is 0 Å². The summed E-state index contributed by atoms with van der Waals surface area (Å²) in [7, 11) is -4.90. The number of anilines is 3. The first kappa shape index (κ1) is 54.6. The first-order chi connectivity index (χ1) is 40.0. The zero-order valence-corrected chi connectivity index (χ0v) is 48.1. The lowest BCUT2D eigenvalue weighted by molar-refractivity contribution is 0.103. The fourth-order valence-corrected chi connectivity index (χ4v) is 22.8. The van der Waals surface area contributed by atoms with E-state index < -0.39 is 16.1 Å². The van der Waals surface area contributed by atoms with Crippen LogP contribution >= 0.6 is 15.9 Å². The Bertz CT molecular complexity index is 3930. The minimum absolute atomic E-state index is 0. The topological polar surface area (TPSA) is 37.4 Å². The fraction of sp³-hybridized carbons (Fsp3) is 0.0263. The highest BCUT2D eigenvalue weighted by molar-refractivity contribution is 9.10. The van der Waals surface area contributed by atoms with Crippen molar-refractivity contribution in [3.8, 4) is 0 Å². The average Bonchev–Trinajstić information content (AvgIpc) is 3.70. The largest absolute Gasteiger partial charge is 0.311 e. The van der Waals surface area contributed by atoms with Crippen LogP contribution in [0.1, 0.15) is 50.4 Å². The van der Waals surface area contributed by atoms with E-state index in [-0.39, 0.29) is 19.0 Å². The maximum absolute atomic E-state index is 13.1. The fourth-order valence-electron chi connectivity index (χ4n) is 12.2. The lowest BCUT2D eigenvalue weighted by Gasteiger charge is -2.45. The second-order valence-electron chi connectivity index (χ2n) is 20.3.